The predicted molar refractivity (Wildman–Crippen MR) is 89.2 cm³/mol. The van der Waals surface area contributed by atoms with E-state index in [-0.39, 0.29) is 6.10 Å². The molecule has 0 radical (unpaired) electrons. The lowest BCUT2D eigenvalue weighted by Gasteiger charge is -2.14. The van der Waals surface area contributed by atoms with Crippen molar-refractivity contribution in [1.82, 2.24) is 0 Å². The van der Waals surface area contributed by atoms with Crippen molar-refractivity contribution in [3.05, 3.63) is 59.7 Å². The molecule has 0 spiro atoms. The zero-order valence-corrected chi connectivity index (χ0v) is 13.9. The molecule has 1 fully saturated rings. The summed E-state index contributed by atoms with van der Waals surface area (Å²) in [5, 5.41) is 0. The maximum absolute atomic E-state index is 5.91. The van der Waals surface area contributed by atoms with Gasteiger partial charge in [0.2, 0.25) is 0 Å². The number of methoxy groups -OCH3 is 2. The van der Waals surface area contributed by atoms with Crippen LogP contribution in [0.1, 0.15) is 17.4 Å². The van der Waals surface area contributed by atoms with Crippen molar-refractivity contribution < 1.29 is 23.7 Å². The summed E-state index contributed by atoms with van der Waals surface area (Å²) in [6.45, 7) is 1.58. The highest BCUT2D eigenvalue weighted by atomic mass is 16.7. The number of benzene rings is 2. The first kappa shape index (κ1) is 16.8. The fourth-order valence-corrected chi connectivity index (χ4v) is 2.59. The molecule has 0 N–H and O–H groups in total. The van der Waals surface area contributed by atoms with Crippen LogP contribution in [-0.4, -0.2) is 33.5 Å². The summed E-state index contributed by atoms with van der Waals surface area (Å²) in [4.78, 5) is 0. The first-order valence-electron chi connectivity index (χ1n) is 7.91. The highest BCUT2D eigenvalue weighted by Gasteiger charge is 2.28. The van der Waals surface area contributed by atoms with Crippen molar-refractivity contribution in [3.63, 3.8) is 0 Å². The van der Waals surface area contributed by atoms with Crippen molar-refractivity contribution in [3.8, 4) is 11.5 Å². The average Bonchev–Trinajstić information content (AvgIpc) is 3.11. The molecule has 1 aliphatic rings. The molecule has 1 aliphatic heterocycles. The zero-order valence-electron chi connectivity index (χ0n) is 13.9. The van der Waals surface area contributed by atoms with Gasteiger partial charge in [-0.2, -0.15) is 0 Å². The van der Waals surface area contributed by atoms with Gasteiger partial charge in [0.05, 0.1) is 34.0 Å². The Hall–Kier alpha value is -2.08. The summed E-state index contributed by atoms with van der Waals surface area (Å²) >= 11 is 0. The van der Waals surface area contributed by atoms with Gasteiger partial charge in [-0.25, -0.2) is 0 Å². The van der Waals surface area contributed by atoms with Crippen LogP contribution >= 0.6 is 0 Å². The van der Waals surface area contributed by atoms with E-state index in [9.17, 15) is 0 Å². The molecule has 0 amide bonds. The van der Waals surface area contributed by atoms with Crippen LogP contribution < -0.4 is 9.47 Å². The van der Waals surface area contributed by atoms with Crippen LogP contribution in [0.15, 0.2) is 48.5 Å². The summed E-state index contributed by atoms with van der Waals surface area (Å²) in [6.07, 6.45) is -0.484. The molecule has 2 unspecified atom stereocenters. The fourth-order valence-electron chi connectivity index (χ4n) is 2.59. The first-order valence-corrected chi connectivity index (χ1v) is 7.91. The minimum absolute atomic E-state index is 0.0770. The summed E-state index contributed by atoms with van der Waals surface area (Å²) in [5.74, 6) is 1.34. The van der Waals surface area contributed by atoms with E-state index in [4.69, 9.17) is 23.7 Å². The molecule has 2 aromatic rings. The monoisotopic (exact) mass is 330 g/mol. The van der Waals surface area contributed by atoms with Gasteiger partial charge in [-0.15, -0.1) is 0 Å². The molecule has 24 heavy (non-hydrogen) atoms. The molecule has 0 aromatic heterocycles. The average molecular weight is 330 g/mol. The Balaban J connectivity index is 1.52. The molecule has 0 aliphatic carbocycles. The van der Waals surface area contributed by atoms with E-state index < -0.39 is 6.29 Å². The third-order valence-electron chi connectivity index (χ3n) is 3.84. The quantitative estimate of drug-likeness (QED) is 0.779. The first-order chi connectivity index (χ1) is 11.8. The van der Waals surface area contributed by atoms with Gasteiger partial charge < -0.3 is 23.7 Å². The zero-order chi connectivity index (χ0) is 16.8. The van der Waals surface area contributed by atoms with Crippen molar-refractivity contribution in [1.29, 1.82) is 0 Å². The molecule has 1 saturated heterocycles. The Labute approximate surface area is 142 Å². The van der Waals surface area contributed by atoms with Gasteiger partial charge in [-0.3, -0.25) is 0 Å². The lowest BCUT2D eigenvalue weighted by molar-refractivity contribution is -0.0752. The third kappa shape index (κ3) is 4.06. The molecular weight excluding hydrogens is 308 g/mol. The van der Waals surface area contributed by atoms with Crippen LogP contribution in [-0.2, 0) is 20.8 Å². The lowest BCUT2D eigenvalue weighted by Crippen LogP contribution is -2.17. The van der Waals surface area contributed by atoms with E-state index in [1.54, 1.807) is 14.2 Å². The maximum Gasteiger partial charge on any atom is 0.184 e. The van der Waals surface area contributed by atoms with Gasteiger partial charge in [0.15, 0.2) is 17.8 Å². The molecule has 128 valence electrons. The van der Waals surface area contributed by atoms with E-state index in [2.05, 4.69) is 0 Å². The molecule has 0 saturated carbocycles. The van der Waals surface area contributed by atoms with Gasteiger partial charge in [-0.1, -0.05) is 36.4 Å². The Kier molecular flexibility index (Phi) is 5.69. The molecule has 5 nitrogen and oxygen atoms in total. The Morgan fingerprint density at radius 1 is 1.00 bits per heavy atom. The van der Waals surface area contributed by atoms with E-state index in [0.717, 1.165) is 11.1 Å². The van der Waals surface area contributed by atoms with E-state index >= 15 is 0 Å². The summed E-state index contributed by atoms with van der Waals surface area (Å²) in [6, 6.07) is 15.7. The smallest absolute Gasteiger partial charge is 0.184 e. The molecule has 1 heterocycles. The summed E-state index contributed by atoms with van der Waals surface area (Å²) in [5.41, 5.74) is 2.05. The van der Waals surface area contributed by atoms with Gasteiger partial charge in [0.1, 0.15) is 6.10 Å². The summed E-state index contributed by atoms with van der Waals surface area (Å²) in [7, 11) is 3.22. The number of hydrogen-bond acceptors (Lipinski definition) is 5. The summed E-state index contributed by atoms with van der Waals surface area (Å²) < 4.78 is 27.9. The van der Waals surface area contributed by atoms with Gasteiger partial charge >= 0.3 is 0 Å². The Morgan fingerprint density at radius 3 is 2.54 bits per heavy atom. The number of rotatable bonds is 7. The van der Waals surface area contributed by atoms with Gasteiger partial charge in [-0.05, 0) is 17.7 Å². The van der Waals surface area contributed by atoms with Crippen molar-refractivity contribution in [2.24, 2.45) is 0 Å². The van der Waals surface area contributed by atoms with Crippen LogP contribution in [0.4, 0.5) is 0 Å². The lowest BCUT2D eigenvalue weighted by atomic mass is 10.2. The van der Waals surface area contributed by atoms with Crippen LogP contribution in [0.25, 0.3) is 0 Å². The van der Waals surface area contributed by atoms with Crippen molar-refractivity contribution in [2.75, 3.05) is 27.4 Å². The standard InChI is InChI=1S/C19H22O5/c1-20-17-9-8-15(10-18(17)21-2)19-23-13-16(24-19)12-22-11-14-6-4-3-5-7-14/h3-10,16,19H,11-13H2,1-2H3. The fraction of sp³-hybridized carbons (Fsp3) is 0.368. The highest BCUT2D eigenvalue weighted by Crippen LogP contribution is 2.34. The minimum atomic E-state index is -0.407. The van der Waals surface area contributed by atoms with Gasteiger partial charge in [0.25, 0.3) is 0 Å². The molecular formula is C19H22O5. The highest BCUT2D eigenvalue weighted by molar-refractivity contribution is 5.43. The van der Waals surface area contributed by atoms with E-state index in [1.807, 2.05) is 48.5 Å². The van der Waals surface area contributed by atoms with Crippen LogP contribution in [0.2, 0.25) is 0 Å². The van der Waals surface area contributed by atoms with Crippen LogP contribution in [0, 0.1) is 0 Å². The van der Waals surface area contributed by atoms with E-state index in [1.165, 1.54) is 0 Å². The molecule has 2 aromatic carbocycles. The van der Waals surface area contributed by atoms with Crippen molar-refractivity contribution >= 4 is 0 Å². The molecule has 0 bridgehead atoms. The van der Waals surface area contributed by atoms with Crippen LogP contribution in [0.5, 0.6) is 11.5 Å². The predicted octanol–water partition coefficient (Wildman–Crippen LogP) is 3.33. The Bertz CT molecular complexity index is 643. The maximum atomic E-state index is 5.91. The van der Waals surface area contributed by atoms with Crippen molar-refractivity contribution in [2.45, 2.75) is 19.0 Å². The largest absolute Gasteiger partial charge is 0.493 e. The Morgan fingerprint density at radius 2 is 1.79 bits per heavy atom. The second-order valence-electron chi connectivity index (χ2n) is 5.54. The van der Waals surface area contributed by atoms with Crippen LogP contribution in [0.3, 0.4) is 0 Å². The second-order valence-corrected chi connectivity index (χ2v) is 5.54. The number of ether oxygens (including phenoxy) is 5. The SMILES string of the molecule is COc1ccc(C2OCC(COCc3ccccc3)O2)cc1OC. The normalized spacial score (nSPS) is 20.1. The minimum Gasteiger partial charge on any atom is -0.493 e. The topological polar surface area (TPSA) is 46.2 Å². The molecule has 3 rings (SSSR count). The number of hydrogen-bond donors (Lipinski definition) is 0. The second kappa shape index (κ2) is 8.15. The third-order valence-corrected chi connectivity index (χ3v) is 3.84. The van der Waals surface area contributed by atoms with Gasteiger partial charge in [0, 0.05) is 5.56 Å². The molecule has 5 heteroatoms. The molecule has 2 atom stereocenters. The van der Waals surface area contributed by atoms with E-state index in [0.29, 0.717) is 31.3 Å².